The van der Waals surface area contributed by atoms with Crippen molar-refractivity contribution in [2.24, 2.45) is 0 Å². The van der Waals surface area contributed by atoms with Gasteiger partial charge in [-0.1, -0.05) is 12.1 Å². The molecule has 2 aromatic carbocycles. The summed E-state index contributed by atoms with van der Waals surface area (Å²) < 4.78 is 23.5. The molecule has 0 bridgehead atoms. The van der Waals surface area contributed by atoms with E-state index in [1.54, 1.807) is 24.3 Å². The predicted molar refractivity (Wildman–Crippen MR) is 95.4 cm³/mol. The van der Waals surface area contributed by atoms with Gasteiger partial charge >= 0.3 is 5.97 Å². The summed E-state index contributed by atoms with van der Waals surface area (Å²) in [6.45, 7) is 0.906. The van der Waals surface area contributed by atoms with Crippen LogP contribution in [0.15, 0.2) is 47.4 Å². The van der Waals surface area contributed by atoms with Gasteiger partial charge in [-0.05, 0) is 37.3 Å². The van der Waals surface area contributed by atoms with Crippen molar-refractivity contribution in [2.75, 3.05) is 19.5 Å². The van der Waals surface area contributed by atoms with Gasteiger partial charge in [-0.25, -0.2) is 9.18 Å². The number of methoxy groups -OCH3 is 1. The molecule has 0 atom stereocenters. The number of carbonyl (C=O) groups is 3. The summed E-state index contributed by atoms with van der Waals surface area (Å²) in [6, 6.07) is 10.2. The zero-order chi connectivity index (χ0) is 19.1. The van der Waals surface area contributed by atoms with Crippen LogP contribution in [0.4, 0.5) is 4.39 Å². The molecule has 0 aliphatic carbocycles. The molecule has 0 spiro atoms. The van der Waals surface area contributed by atoms with Crippen LogP contribution < -0.4 is 4.74 Å². The first-order chi connectivity index (χ1) is 12.4. The van der Waals surface area contributed by atoms with E-state index in [9.17, 15) is 18.8 Å². The van der Waals surface area contributed by atoms with Crippen LogP contribution in [0, 0.1) is 5.82 Å². The van der Waals surface area contributed by atoms with Crippen LogP contribution in [0.1, 0.15) is 27.6 Å². The number of benzene rings is 2. The quantitative estimate of drug-likeness (QED) is 0.399. The van der Waals surface area contributed by atoms with Crippen LogP contribution in [0.3, 0.4) is 0 Å². The van der Waals surface area contributed by atoms with Crippen LogP contribution in [-0.4, -0.2) is 37.0 Å². The molecule has 0 fully saturated rings. The van der Waals surface area contributed by atoms with E-state index in [-0.39, 0.29) is 28.4 Å². The average molecular weight is 376 g/mol. The van der Waals surface area contributed by atoms with Gasteiger partial charge in [0.15, 0.2) is 6.61 Å². The number of Topliss-reactive ketones (excluding diaryl/α,β-unsaturated/α-hetero) is 2. The molecule has 0 radical (unpaired) electrons. The van der Waals surface area contributed by atoms with E-state index in [0.717, 1.165) is 6.07 Å². The minimum atomic E-state index is -0.694. The molecular formula is C19H17FO5S. The van der Waals surface area contributed by atoms with Crippen molar-refractivity contribution >= 4 is 29.3 Å². The van der Waals surface area contributed by atoms with Crippen molar-refractivity contribution in [3.05, 3.63) is 59.4 Å². The summed E-state index contributed by atoms with van der Waals surface area (Å²) in [7, 11) is 1.36. The van der Waals surface area contributed by atoms with Crippen molar-refractivity contribution in [3.63, 3.8) is 0 Å². The van der Waals surface area contributed by atoms with Gasteiger partial charge < -0.3 is 9.47 Å². The number of rotatable bonds is 8. The van der Waals surface area contributed by atoms with Crippen LogP contribution in [0.2, 0.25) is 0 Å². The molecule has 26 heavy (non-hydrogen) atoms. The lowest BCUT2D eigenvalue weighted by molar-refractivity contribution is -0.114. The van der Waals surface area contributed by atoms with Crippen molar-refractivity contribution in [3.8, 4) is 5.75 Å². The Kier molecular flexibility index (Phi) is 6.91. The summed E-state index contributed by atoms with van der Waals surface area (Å²) in [5.74, 6) is -1.46. The Labute approximate surface area is 154 Å². The fourth-order valence-electron chi connectivity index (χ4n) is 2.13. The molecule has 2 rings (SSSR count). The highest BCUT2D eigenvalue weighted by Crippen LogP contribution is 2.24. The maximum atomic E-state index is 13.4. The van der Waals surface area contributed by atoms with Crippen molar-refractivity contribution in [1.82, 2.24) is 0 Å². The molecule has 0 aromatic heterocycles. The molecule has 136 valence electrons. The molecular weight excluding hydrogens is 359 g/mol. The highest BCUT2D eigenvalue weighted by Gasteiger charge is 2.18. The predicted octanol–water partition coefficient (Wildman–Crippen LogP) is 3.56. The zero-order valence-electron chi connectivity index (χ0n) is 14.3. The van der Waals surface area contributed by atoms with E-state index in [1.807, 2.05) is 0 Å². The summed E-state index contributed by atoms with van der Waals surface area (Å²) in [5.41, 5.74) is 0.261. The average Bonchev–Trinajstić information content (AvgIpc) is 2.64. The number of carbonyl (C=O) groups excluding carboxylic acids is 3. The zero-order valence-corrected chi connectivity index (χ0v) is 15.1. The Bertz CT molecular complexity index is 834. The number of hydrogen-bond donors (Lipinski definition) is 0. The SMILES string of the molecule is COc1ccc(F)cc1C(=O)COC(=O)c1ccccc1SCC(C)=O. The minimum absolute atomic E-state index is 0.000426. The van der Waals surface area contributed by atoms with Crippen molar-refractivity contribution in [2.45, 2.75) is 11.8 Å². The maximum Gasteiger partial charge on any atom is 0.339 e. The van der Waals surface area contributed by atoms with E-state index in [1.165, 1.54) is 37.9 Å². The van der Waals surface area contributed by atoms with E-state index in [4.69, 9.17) is 9.47 Å². The number of ether oxygens (including phenoxy) is 2. The maximum absolute atomic E-state index is 13.4. The normalized spacial score (nSPS) is 10.3. The van der Waals surface area contributed by atoms with Gasteiger partial charge in [0, 0.05) is 4.90 Å². The van der Waals surface area contributed by atoms with Crippen molar-refractivity contribution in [1.29, 1.82) is 0 Å². The first-order valence-corrected chi connectivity index (χ1v) is 8.66. The minimum Gasteiger partial charge on any atom is -0.496 e. The largest absolute Gasteiger partial charge is 0.496 e. The molecule has 0 saturated carbocycles. The van der Waals surface area contributed by atoms with Gasteiger partial charge in [-0.3, -0.25) is 9.59 Å². The Balaban J connectivity index is 2.08. The number of thioether (sulfide) groups is 1. The van der Waals surface area contributed by atoms with Crippen molar-refractivity contribution < 1.29 is 28.2 Å². The fourth-order valence-corrected chi connectivity index (χ4v) is 2.97. The molecule has 0 amide bonds. The molecule has 5 nitrogen and oxygen atoms in total. The van der Waals surface area contributed by atoms with Crippen LogP contribution in [0.5, 0.6) is 5.75 Å². The fraction of sp³-hybridized carbons (Fsp3) is 0.211. The Hall–Kier alpha value is -2.67. The topological polar surface area (TPSA) is 69.7 Å². The van der Waals surface area contributed by atoms with Gasteiger partial charge in [0.2, 0.25) is 5.78 Å². The van der Waals surface area contributed by atoms with E-state index < -0.39 is 24.2 Å². The van der Waals surface area contributed by atoms with Gasteiger partial charge in [0.25, 0.3) is 0 Å². The second-order valence-corrected chi connectivity index (χ2v) is 6.35. The Morgan fingerprint density at radius 1 is 1.08 bits per heavy atom. The Morgan fingerprint density at radius 2 is 1.81 bits per heavy atom. The van der Waals surface area contributed by atoms with Crippen LogP contribution >= 0.6 is 11.8 Å². The van der Waals surface area contributed by atoms with Gasteiger partial charge in [0.1, 0.15) is 17.3 Å². The van der Waals surface area contributed by atoms with Gasteiger partial charge in [-0.2, -0.15) is 0 Å². The molecule has 0 saturated heterocycles. The highest BCUT2D eigenvalue weighted by molar-refractivity contribution is 8.00. The van der Waals surface area contributed by atoms with E-state index in [2.05, 4.69) is 0 Å². The summed E-state index contributed by atoms with van der Waals surface area (Å²) in [4.78, 5) is 36.2. The van der Waals surface area contributed by atoms with Crippen LogP contribution in [0.25, 0.3) is 0 Å². The summed E-state index contributed by atoms with van der Waals surface area (Å²) >= 11 is 1.22. The molecule has 0 aliphatic rings. The molecule has 0 aliphatic heterocycles. The van der Waals surface area contributed by atoms with E-state index >= 15 is 0 Å². The molecule has 7 heteroatoms. The highest BCUT2D eigenvalue weighted by atomic mass is 32.2. The standard InChI is InChI=1S/C19H17FO5S/c1-12(21)11-26-18-6-4-3-5-14(18)19(23)25-10-16(22)15-9-13(20)7-8-17(15)24-2/h3-9H,10-11H2,1-2H3. The van der Waals surface area contributed by atoms with Crippen LogP contribution in [-0.2, 0) is 9.53 Å². The van der Waals surface area contributed by atoms with Gasteiger partial charge in [-0.15, -0.1) is 11.8 Å². The first kappa shape index (κ1) is 19.7. The summed E-state index contributed by atoms with van der Waals surface area (Å²) in [6.07, 6.45) is 0. The van der Waals surface area contributed by atoms with Gasteiger partial charge in [0.05, 0.1) is 24.0 Å². The summed E-state index contributed by atoms with van der Waals surface area (Å²) in [5, 5.41) is 0. The number of ketones is 2. The third-order valence-corrected chi connectivity index (χ3v) is 4.55. The molecule has 0 N–H and O–H groups in total. The number of esters is 1. The second-order valence-electron chi connectivity index (χ2n) is 5.33. The molecule has 0 heterocycles. The monoisotopic (exact) mass is 376 g/mol. The van der Waals surface area contributed by atoms with E-state index in [0.29, 0.717) is 4.90 Å². The first-order valence-electron chi connectivity index (χ1n) is 7.67. The molecule has 0 unspecified atom stereocenters. The lowest BCUT2D eigenvalue weighted by atomic mass is 10.1. The lowest BCUT2D eigenvalue weighted by Crippen LogP contribution is -2.16. The number of halogens is 1. The third-order valence-electron chi connectivity index (χ3n) is 3.33. The third kappa shape index (κ3) is 5.16. The second kappa shape index (κ2) is 9.15. The molecule has 2 aromatic rings. The lowest BCUT2D eigenvalue weighted by Gasteiger charge is -2.10. The number of hydrogen-bond acceptors (Lipinski definition) is 6. The Morgan fingerprint density at radius 3 is 2.50 bits per heavy atom. The smallest absolute Gasteiger partial charge is 0.339 e.